The Morgan fingerprint density at radius 2 is 1.55 bits per heavy atom. The lowest BCUT2D eigenvalue weighted by Crippen LogP contribution is -2.09. The second-order valence-electron chi connectivity index (χ2n) is 5.16. The fourth-order valence-electron chi connectivity index (χ4n) is 2.49. The summed E-state index contributed by atoms with van der Waals surface area (Å²) in [5.74, 6) is 0. The molecule has 0 aliphatic heterocycles. The number of benzene rings is 2. The van der Waals surface area contributed by atoms with Crippen molar-refractivity contribution in [3.8, 4) is 11.3 Å². The molecule has 0 radical (unpaired) electrons. The summed E-state index contributed by atoms with van der Waals surface area (Å²) >= 11 is 0. The molecule has 0 atom stereocenters. The van der Waals surface area contributed by atoms with Crippen LogP contribution in [0.2, 0.25) is 0 Å². The SMILES string of the molecule is FC(F)(F)CCc1cc(-c2ccccc2)nc2ccccc12. The molecule has 0 saturated carbocycles. The van der Waals surface area contributed by atoms with Crippen LogP contribution in [0.1, 0.15) is 12.0 Å². The third-order valence-electron chi connectivity index (χ3n) is 3.55. The minimum absolute atomic E-state index is 0.0354. The predicted molar refractivity (Wildman–Crippen MR) is 81.6 cm³/mol. The number of hydrogen-bond acceptors (Lipinski definition) is 1. The van der Waals surface area contributed by atoms with Gasteiger partial charge in [0.15, 0.2) is 0 Å². The summed E-state index contributed by atoms with van der Waals surface area (Å²) in [5.41, 5.74) is 3.01. The van der Waals surface area contributed by atoms with Crippen molar-refractivity contribution in [2.45, 2.75) is 19.0 Å². The van der Waals surface area contributed by atoms with Crippen molar-refractivity contribution in [1.29, 1.82) is 0 Å². The van der Waals surface area contributed by atoms with Gasteiger partial charge in [-0.1, -0.05) is 48.5 Å². The highest BCUT2D eigenvalue weighted by atomic mass is 19.4. The number of fused-ring (bicyclic) bond motifs is 1. The monoisotopic (exact) mass is 301 g/mol. The maximum absolute atomic E-state index is 12.5. The van der Waals surface area contributed by atoms with Crippen molar-refractivity contribution >= 4 is 10.9 Å². The Bertz CT molecular complexity index is 779. The van der Waals surface area contributed by atoms with E-state index in [0.29, 0.717) is 11.3 Å². The second kappa shape index (κ2) is 5.79. The second-order valence-corrected chi connectivity index (χ2v) is 5.16. The number of nitrogens with zero attached hydrogens (tertiary/aromatic N) is 1. The zero-order valence-electron chi connectivity index (χ0n) is 11.8. The largest absolute Gasteiger partial charge is 0.389 e. The Morgan fingerprint density at radius 1 is 0.864 bits per heavy atom. The van der Waals surface area contributed by atoms with Crippen molar-refractivity contribution in [2.75, 3.05) is 0 Å². The Labute approximate surface area is 126 Å². The molecule has 0 saturated heterocycles. The van der Waals surface area contributed by atoms with Crippen LogP contribution < -0.4 is 0 Å². The molecule has 22 heavy (non-hydrogen) atoms. The van der Waals surface area contributed by atoms with E-state index in [1.54, 1.807) is 6.07 Å². The van der Waals surface area contributed by atoms with E-state index in [1.165, 1.54) is 0 Å². The van der Waals surface area contributed by atoms with Crippen LogP contribution in [0.25, 0.3) is 22.2 Å². The number of hydrogen-bond donors (Lipinski definition) is 0. The van der Waals surface area contributed by atoms with Crippen LogP contribution >= 0.6 is 0 Å². The topological polar surface area (TPSA) is 12.9 Å². The molecule has 0 N–H and O–H groups in total. The Hall–Kier alpha value is -2.36. The number of halogens is 3. The molecule has 0 aliphatic rings. The molecule has 1 heterocycles. The molecule has 3 rings (SSSR count). The molecule has 0 bridgehead atoms. The van der Waals surface area contributed by atoms with Gasteiger partial charge < -0.3 is 0 Å². The molecule has 0 spiro atoms. The van der Waals surface area contributed by atoms with Gasteiger partial charge in [0.05, 0.1) is 11.2 Å². The highest BCUT2D eigenvalue weighted by Gasteiger charge is 2.27. The van der Waals surface area contributed by atoms with Gasteiger partial charge in [0, 0.05) is 17.4 Å². The molecule has 0 aliphatic carbocycles. The number of pyridine rings is 1. The highest BCUT2D eigenvalue weighted by Crippen LogP contribution is 2.28. The zero-order valence-corrected chi connectivity index (χ0v) is 11.8. The third-order valence-corrected chi connectivity index (χ3v) is 3.55. The first-order valence-corrected chi connectivity index (χ1v) is 7.04. The quantitative estimate of drug-likeness (QED) is 0.631. The standard InChI is InChI=1S/C18H14F3N/c19-18(20,21)11-10-14-12-17(13-6-2-1-3-7-13)22-16-9-5-4-8-15(14)16/h1-9,12H,10-11H2. The molecule has 4 heteroatoms. The molecule has 0 fully saturated rings. The first-order chi connectivity index (χ1) is 10.5. The van der Waals surface area contributed by atoms with Gasteiger partial charge >= 0.3 is 6.18 Å². The molecule has 1 nitrogen and oxygen atoms in total. The van der Waals surface area contributed by atoms with Crippen LogP contribution in [0.15, 0.2) is 60.7 Å². The zero-order chi connectivity index (χ0) is 15.6. The number of para-hydroxylation sites is 1. The molecule has 112 valence electrons. The van der Waals surface area contributed by atoms with Gasteiger partial charge in [0.2, 0.25) is 0 Å². The summed E-state index contributed by atoms with van der Waals surface area (Å²) in [6.45, 7) is 0. The molecular weight excluding hydrogens is 287 g/mol. The average molecular weight is 301 g/mol. The lowest BCUT2D eigenvalue weighted by atomic mass is 10.0. The molecule has 1 aromatic heterocycles. The van der Waals surface area contributed by atoms with E-state index in [4.69, 9.17) is 0 Å². The minimum Gasteiger partial charge on any atom is -0.248 e. The van der Waals surface area contributed by atoms with Gasteiger partial charge in [-0.15, -0.1) is 0 Å². The van der Waals surface area contributed by atoms with E-state index >= 15 is 0 Å². The smallest absolute Gasteiger partial charge is 0.248 e. The Morgan fingerprint density at radius 3 is 2.27 bits per heavy atom. The third kappa shape index (κ3) is 3.27. The van der Waals surface area contributed by atoms with Crippen LogP contribution in [-0.4, -0.2) is 11.2 Å². The summed E-state index contributed by atoms with van der Waals surface area (Å²) in [7, 11) is 0. The lowest BCUT2D eigenvalue weighted by molar-refractivity contribution is -0.133. The van der Waals surface area contributed by atoms with Crippen molar-refractivity contribution in [2.24, 2.45) is 0 Å². The van der Waals surface area contributed by atoms with E-state index in [0.717, 1.165) is 16.5 Å². The van der Waals surface area contributed by atoms with Crippen molar-refractivity contribution in [3.63, 3.8) is 0 Å². The maximum Gasteiger partial charge on any atom is 0.389 e. The van der Waals surface area contributed by atoms with Gasteiger partial charge in [-0.2, -0.15) is 13.2 Å². The Balaban J connectivity index is 2.08. The fraction of sp³-hybridized carbons (Fsp3) is 0.167. The van der Waals surface area contributed by atoms with Gasteiger partial charge in [-0.25, -0.2) is 4.98 Å². The van der Waals surface area contributed by atoms with E-state index in [2.05, 4.69) is 4.98 Å². The number of rotatable bonds is 3. The summed E-state index contributed by atoms with van der Waals surface area (Å²) < 4.78 is 37.6. The molecule has 3 aromatic rings. The van der Waals surface area contributed by atoms with Gasteiger partial charge in [-0.05, 0) is 24.1 Å². The van der Waals surface area contributed by atoms with Gasteiger partial charge in [-0.3, -0.25) is 0 Å². The highest BCUT2D eigenvalue weighted by molar-refractivity contribution is 5.85. The molecular formula is C18H14F3N. The molecule has 0 unspecified atom stereocenters. The average Bonchev–Trinajstić information content (AvgIpc) is 2.52. The van der Waals surface area contributed by atoms with Crippen molar-refractivity contribution in [1.82, 2.24) is 4.98 Å². The predicted octanol–water partition coefficient (Wildman–Crippen LogP) is 5.40. The van der Waals surface area contributed by atoms with Crippen molar-refractivity contribution < 1.29 is 13.2 Å². The van der Waals surface area contributed by atoms with Crippen LogP contribution in [0, 0.1) is 0 Å². The van der Waals surface area contributed by atoms with Crippen LogP contribution in [0.5, 0.6) is 0 Å². The molecule has 2 aromatic carbocycles. The van der Waals surface area contributed by atoms with Crippen LogP contribution in [0.4, 0.5) is 13.2 Å². The molecule has 0 amide bonds. The van der Waals surface area contributed by atoms with Crippen LogP contribution in [0.3, 0.4) is 0 Å². The van der Waals surface area contributed by atoms with Crippen LogP contribution in [-0.2, 0) is 6.42 Å². The maximum atomic E-state index is 12.5. The number of aryl methyl sites for hydroxylation is 1. The summed E-state index contributed by atoms with van der Waals surface area (Å²) in [4.78, 5) is 4.57. The van der Waals surface area contributed by atoms with Gasteiger partial charge in [0.25, 0.3) is 0 Å². The van der Waals surface area contributed by atoms with Crippen molar-refractivity contribution in [3.05, 3.63) is 66.2 Å². The minimum atomic E-state index is -4.16. The summed E-state index contributed by atoms with van der Waals surface area (Å²) in [6.07, 6.45) is -5.01. The fourth-order valence-corrected chi connectivity index (χ4v) is 2.49. The first-order valence-electron chi connectivity index (χ1n) is 7.04. The summed E-state index contributed by atoms with van der Waals surface area (Å²) in [6, 6.07) is 18.6. The van der Waals surface area contributed by atoms with E-state index < -0.39 is 12.6 Å². The summed E-state index contributed by atoms with van der Waals surface area (Å²) in [5, 5.41) is 0.784. The normalized spacial score (nSPS) is 11.8. The number of aromatic nitrogens is 1. The lowest BCUT2D eigenvalue weighted by Gasteiger charge is -2.11. The Kier molecular flexibility index (Phi) is 3.84. The van der Waals surface area contributed by atoms with Gasteiger partial charge in [0.1, 0.15) is 0 Å². The first kappa shape index (κ1) is 14.6. The van der Waals surface area contributed by atoms with E-state index in [-0.39, 0.29) is 6.42 Å². The van der Waals surface area contributed by atoms with E-state index in [9.17, 15) is 13.2 Å². The number of alkyl halides is 3. The van der Waals surface area contributed by atoms with E-state index in [1.807, 2.05) is 54.6 Å².